The lowest BCUT2D eigenvalue weighted by molar-refractivity contribution is -0.138. The molecule has 0 aliphatic carbocycles. The number of anilines is 1. The summed E-state index contributed by atoms with van der Waals surface area (Å²) < 4.78 is 43.7. The fourth-order valence-electron chi connectivity index (χ4n) is 3.85. The fraction of sp³-hybridized carbons (Fsp3) is 0.579. The number of benzene rings is 1. The first-order valence-electron chi connectivity index (χ1n) is 9.40. The van der Waals surface area contributed by atoms with Crippen LogP contribution in [-0.2, 0) is 11.0 Å². The van der Waals surface area contributed by atoms with Crippen LogP contribution in [0.3, 0.4) is 0 Å². The first-order valence-corrected chi connectivity index (χ1v) is 9.40. The molecule has 0 aromatic heterocycles. The predicted molar refractivity (Wildman–Crippen MR) is 97.2 cm³/mol. The molecule has 3 amide bonds. The van der Waals surface area contributed by atoms with E-state index >= 15 is 0 Å². The summed E-state index contributed by atoms with van der Waals surface area (Å²) in [6, 6.07) is 3.07. The predicted octanol–water partition coefficient (Wildman–Crippen LogP) is 3.72. The quantitative estimate of drug-likeness (QED) is 0.843. The number of urea groups is 1. The van der Waals surface area contributed by atoms with Crippen molar-refractivity contribution in [1.29, 1.82) is 0 Å². The summed E-state index contributed by atoms with van der Waals surface area (Å²) in [5.41, 5.74) is -0.647. The Morgan fingerprint density at radius 3 is 2.61 bits per heavy atom. The molecule has 2 aliphatic rings. The van der Waals surface area contributed by atoms with Crippen LogP contribution < -0.4 is 10.1 Å². The van der Waals surface area contributed by atoms with Gasteiger partial charge in [-0.05, 0) is 37.8 Å². The maximum Gasteiger partial charge on any atom is 0.419 e. The molecule has 154 valence electrons. The summed E-state index contributed by atoms with van der Waals surface area (Å²) in [6.45, 7) is 1.82. The Morgan fingerprint density at radius 2 is 1.96 bits per heavy atom. The lowest BCUT2D eigenvalue weighted by atomic mass is 10.1. The Balaban J connectivity index is 1.62. The highest BCUT2D eigenvalue weighted by molar-refractivity contribution is 5.89. The Morgan fingerprint density at radius 1 is 1.18 bits per heavy atom. The molecule has 0 bridgehead atoms. The number of rotatable bonds is 3. The zero-order valence-corrected chi connectivity index (χ0v) is 15.7. The van der Waals surface area contributed by atoms with Gasteiger partial charge in [0.15, 0.2) is 0 Å². The van der Waals surface area contributed by atoms with Gasteiger partial charge in [-0.1, -0.05) is 0 Å². The van der Waals surface area contributed by atoms with Crippen LogP contribution in [0.4, 0.5) is 23.7 Å². The van der Waals surface area contributed by atoms with Crippen molar-refractivity contribution in [2.75, 3.05) is 32.1 Å². The summed E-state index contributed by atoms with van der Waals surface area (Å²) >= 11 is 0. The van der Waals surface area contributed by atoms with Crippen LogP contribution in [0.25, 0.3) is 0 Å². The molecule has 2 heterocycles. The fourth-order valence-corrected chi connectivity index (χ4v) is 3.85. The van der Waals surface area contributed by atoms with Gasteiger partial charge < -0.3 is 19.9 Å². The van der Waals surface area contributed by atoms with Crippen molar-refractivity contribution in [3.8, 4) is 5.75 Å². The molecule has 2 aliphatic heterocycles. The van der Waals surface area contributed by atoms with E-state index in [2.05, 4.69) is 5.32 Å². The van der Waals surface area contributed by atoms with Crippen LogP contribution in [0.1, 0.15) is 37.7 Å². The van der Waals surface area contributed by atoms with E-state index in [-0.39, 0.29) is 29.4 Å². The molecular weight excluding hydrogens is 375 g/mol. The molecule has 3 rings (SSSR count). The number of hydrogen-bond donors (Lipinski definition) is 1. The van der Waals surface area contributed by atoms with Gasteiger partial charge in [-0.15, -0.1) is 0 Å². The Bertz CT molecular complexity index is 739. The highest BCUT2D eigenvalue weighted by Crippen LogP contribution is 2.37. The minimum absolute atomic E-state index is 0.152. The molecule has 2 fully saturated rings. The van der Waals surface area contributed by atoms with Crippen molar-refractivity contribution in [3.63, 3.8) is 0 Å². The summed E-state index contributed by atoms with van der Waals surface area (Å²) in [7, 11) is 1.16. The molecule has 1 atom stereocenters. The van der Waals surface area contributed by atoms with Gasteiger partial charge in [0.25, 0.3) is 0 Å². The summed E-state index contributed by atoms with van der Waals surface area (Å²) in [5.74, 6) is -0.159. The number of hydrogen-bond acceptors (Lipinski definition) is 3. The number of likely N-dealkylation sites (tertiary alicyclic amines) is 2. The summed E-state index contributed by atoms with van der Waals surface area (Å²) in [4.78, 5) is 28.1. The molecule has 0 radical (unpaired) electrons. The second kappa shape index (κ2) is 8.28. The van der Waals surface area contributed by atoms with E-state index in [1.54, 1.807) is 4.90 Å². The van der Waals surface area contributed by atoms with E-state index in [0.29, 0.717) is 25.9 Å². The van der Waals surface area contributed by atoms with Gasteiger partial charge in [0.1, 0.15) is 5.75 Å². The molecule has 0 spiro atoms. The van der Waals surface area contributed by atoms with E-state index in [1.165, 1.54) is 12.1 Å². The lowest BCUT2D eigenvalue weighted by Gasteiger charge is -2.27. The average Bonchev–Trinajstić information content (AvgIpc) is 2.92. The number of nitrogens with zero attached hydrogens (tertiary/aromatic N) is 2. The lowest BCUT2D eigenvalue weighted by Crippen LogP contribution is -2.38. The third-order valence-electron chi connectivity index (χ3n) is 5.29. The number of carbonyl (C=O) groups is 2. The topological polar surface area (TPSA) is 61.9 Å². The van der Waals surface area contributed by atoms with E-state index < -0.39 is 11.7 Å². The highest BCUT2D eigenvalue weighted by Gasteiger charge is 2.34. The van der Waals surface area contributed by atoms with E-state index in [4.69, 9.17) is 4.74 Å². The first kappa shape index (κ1) is 20.3. The maximum atomic E-state index is 13.0. The van der Waals surface area contributed by atoms with Crippen molar-refractivity contribution in [3.05, 3.63) is 23.8 Å². The van der Waals surface area contributed by atoms with Crippen molar-refractivity contribution >= 4 is 17.6 Å². The highest BCUT2D eigenvalue weighted by atomic mass is 19.4. The van der Waals surface area contributed by atoms with E-state index in [1.807, 2.05) is 4.90 Å². The maximum absolute atomic E-state index is 13.0. The molecule has 1 unspecified atom stereocenters. The Labute approximate surface area is 161 Å². The van der Waals surface area contributed by atoms with Crippen molar-refractivity contribution in [1.82, 2.24) is 9.80 Å². The van der Waals surface area contributed by atoms with E-state index in [9.17, 15) is 22.8 Å². The Hall–Kier alpha value is -2.45. The Kier molecular flexibility index (Phi) is 6.00. The minimum Gasteiger partial charge on any atom is -0.496 e. The third-order valence-corrected chi connectivity index (χ3v) is 5.29. The molecule has 6 nitrogen and oxygen atoms in total. The molecule has 0 saturated carbocycles. The van der Waals surface area contributed by atoms with Gasteiger partial charge in [-0.3, -0.25) is 4.79 Å². The first-order chi connectivity index (χ1) is 13.3. The molecule has 1 aromatic rings. The summed E-state index contributed by atoms with van der Waals surface area (Å²) in [6.07, 6.45) is -0.719. The van der Waals surface area contributed by atoms with Gasteiger partial charge in [-0.25, -0.2) is 4.79 Å². The van der Waals surface area contributed by atoms with Crippen LogP contribution in [0, 0.1) is 0 Å². The van der Waals surface area contributed by atoms with Crippen LogP contribution in [0.2, 0.25) is 0 Å². The van der Waals surface area contributed by atoms with Crippen molar-refractivity contribution < 1.29 is 27.5 Å². The number of amides is 3. The SMILES string of the molecule is COc1cc(NC(=O)N2CCCC(N3CCCC3=O)CC2)ccc1C(F)(F)F. The van der Waals surface area contributed by atoms with Crippen LogP contribution in [-0.4, -0.2) is 54.5 Å². The molecular formula is C19H24F3N3O3. The smallest absolute Gasteiger partial charge is 0.419 e. The normalized spacial score (nSPS) is 20.9. The molecule has 28 heavy (non-hydrogen) atoms. The van der Waals surface area contributed by atoms with Gasteiger partial charge in [0.05, 0.1) is 12.7 Å². The van der Waals surface area contributed by atoms with Crippen LogP contribution in [0.5, 0.6) is 5.75 Å². The minimum atomic E-state index is -4.53. The molecule has 1 aromatic carbocycles. The molecule has 2 saturated heterocycles. The molecule has 9 heteroatoms. The van der Waals surface area contributed by atoms with Crippen molar-refractivity contribution in [2.45, 2.75) is 44.3 Å². The average molecular weight is 399 g/mol. The van der Waals surface area contributed by atoms with Gasteiger partial charge in [0, 0.05) is 43.9 Å². The number of nitrogens with one attached hydrogen (secondary N) is 1. The number of methoxy groups -OCH3 is 1. The monoisotopic (exact) mass is 399 g/mol. The zero-order chi connectivity index (χ0) is 20.3. The van der Waals surface area contributed by atoms with Crippen molar-refractivity contribution in [2.24, 2.45) is 0 Å². The number of halogens is 3. The standard InChI is InChI=1S/C19H24F3N3O3/c1-28-16-12-13(6-7-15(16)19(20,21)22)23-18(27)24-9-2-4-14(8-11-24)25-10-3-5-17(25)26/h6-7,12,14H,2-5,8-11H2,1H3,(H,23,27). The number of carbonyl (C=O) groups excluding carboxylic acids is 2. The summed E-state index contributed by atoms with van der Waals surface area (Å²) in [5, 5.41) is 2.65. The second-order valence-corrected chi connectivity index (χ2v) is 7.11. The van der Waals surface area contributed by atoms with E-state index in [0.717, 1.165) is 39.0 Å². The largest absolute Gasteiger partial charge is 0.496 e. The number of alkyl halides is 3. The zero-order valence-electron chi connectivity index (χ0n) is 15.7. The van der Waals surface area contributed by atoms with Gasteiger partial charge in [-0.2, -0.15) is 13.2 Å². The van der Waals surface area contributed by atoms with Gasteiger partial charge in [0.2, 0.25) is 5.91 Å². The second-order valence-electron chi connectivity index (χ2n) is 7.11. The van der Waals surface area contributed by atoms with Crippen LogP contribution in [0.15, 0.2) is 18.2 Å². The van der Waals surface area contributed by atoms with Gasteiger partial charge >= 0.3 is 12.2 Å². The third kappa shape index (κ3) is 4.51. The molecule has 1 N–H and O–H groups in total. The number of ether oxygens (including phenoxy) is 1. The van der Waals surface area contributed by atoms with Crippen LogP contribution >= 0.6 is 0 Å².